The molecular formula is C38H44BN4O12S. The smallest absolute Gasteiger partial charge is 0.305 e. The largest absolute Gasteiger partial charge is 0.453 e. The first-order valence-electron chi connectivity index (χ1n) is 18.3. The number of esters is 2. The molecule has 3 aromatic carbocycles. The molecule has 0 aromatic heterocycles. The zero-order valence-electron chi connectivity index (χ0n) is 32.0. The van der Waals surface area contributed by atoms with E-state index in [1.54, 1.807) is 0 Å². The van der Waals surface area contributed by atoms with E-state index < -0.39 is 73.5 Å². The molecule has 0 spiro atoms. The van der Waals surface area contributed by atoms with E-state index in [0.29, 0.717) is 0 Å². The maximum atomic E-state index is 12.6. The molecule has 56 heavy (non-hydrogen) atoms. The maximum absolute atomic E-state index is 12.6. The van der Waals surface area contributed by atoms with Crippen LogP contribution < -0.4 is 0 Å². The number of hydrogen-bond donors (Lipinski definition) is 1. The SMILES string of the molecule is [3H][B]SO[C@H]1C(COCc2ccccc2)O[C@@H](O[C@H]2C(OC(C)=O)O[C@@H](OC(C)=N)C(OC(C)=O)[C@@H]2OCc2ccccc2)C(N=[N+]=[N-])[C@H]1OCc1ccccc1. The van der Waals surface area contributed by atoms with Gasteiger partial charge in [-0.3, -0.25) is 19.7 Å². The predicted octanol–water partition coefficient (Wildman–Crippen LogP) is 5.20. The van der Waals surface area contributed by atoms with E-state index in [0.717, 1.165) is 42.6 Å². The topological polar surface area (TPSA) is 199 Å². The third-order valence-electron chi connectivity index (χ3n) is 8.55. The highest BCUT2D eigenvalue weighted by atomic mass is 32.2. The number of hydrogen-bond acceptors (Lipinski definition) is 15. The Morgan fingerprint density at radius 3 is 1.84 bits per heavy atom. The van der Waals surface area contributed by atoms with Gasteiger partial charge in [-0.15, -0.1) is 0 Å². The van der Waals surface area contributed by atoms with Crippen LogP contribution in [0.5, 0.6) is 0 Å². The second kappa shape index (κ2) is 21.7. The van der Waals surface area contributed by atoms with Gasteiger partial charge in [0.2, 0.25) is 19.7 Å². The van der Waals surface area contributed by atoms with Crippen LogP contribution in [0, 0.1) is 5.41 Å². The molecule has 18 heteroatoms. The van der Waals surface area contributed by atoms with E-state index in [1.165, 1.54) is 13.8 Å². The summed E-state index contributed by atoms with van der Waals surface area (Å²) in [5.74, 6) is -1.78. The molecule has 0 bridgehead atoms. The lowest BCUT2D eigenvalue weighted by Crippen LogP contribution is -2.66. The van der Waals surface area contributed by atoms with Gasteiger partial charge in [-0.25, -0.2) is 0 Å². The highest BCUT2D eigenvalue weighted by Gasteiger charge is 2.56. The quantitative estimate of drug-likeness (QED) is 0.0243. The average Bonchev–Trinajstić information content (AvgIpc) is 3.19. The van der Waals surface area contributed by atoms with Gasteiger partial charge in [0.05, 0.1) is 26.4 Å². The Labute approximate surface area is 331 Å². The molecule has 0 saturated carbocycles. The molecule has 1 N–H and O–H groups in total. The summed E-state index contributed by atoms with van der Waals surface area (Å²) in [6.45, 7) is 3.86. The lowest BCUT2D eigenvalue weighted by molar-refractivity contribution is -0.372. The molecule has 1 radical (unpaired) electrons. The molecular weight excluding hydrogens is 747 g/mol. The number of carbonyl (C=O) groups is 2. The van der Waals surface area contributed by atoms with Crippen molar-refractivity contribution in [1.29, 1.82) is 6.74 Å². The van der Waals surface area contributed by atoms with Crippen molar-refractivity contribution >= 4 is 36.8 Å². The standard InChI is InChI=1S/C38H44BN4O12S/c1-23(40)49-37-34(50-24(2)44)33(48-21-28-17-11-6-12-18-28)35(38(54-37)51-25(3)45)53-36-30(42-43-41)32(47-20-27-15-9-5-10-16-27)31(55-56-39)29(52-36)22-46-19-26-13-7-4-8-14-26/h4-18,29-40H,19-22H2,1-3H3/t29?,30?,31-,32+,33-,34?,35+,36-,37+,38?/m0/s1/i39T. The van der Waals surface area contributed by atoms with E-state index in [9.17, 15) is 15.1 Å². The van der Waals surface area contributed by atoms with Crippen LogP contribution in [0.15, 0.2) is 96.1 Å². The van der Waals surface area contributed by atoms with Gasteiger partial charge in [-0.05, 0) is 23.6 Å². The molecule has 0 amide bonds. The minimum atomic E-state index is -1.59. The highest BCUT2D eigenvalue weighted by molar-refractivity contribution is 8.15. The van der Waals surface area contributed by atoms with Crippen LogP contribution >= 0.6 is 11.9 Å². The van der Waals surface area contributed by atoms with Crippen molar-refractivity contribution in [3.05, 3.63) is 118 Å². The van der Waals surface area contributed by atoms with Gasteiger partial charge in [-0.2, -0.15) is 0 Å². The van der Waals surface area contributed by atoms with Crippen molar-refractivity contribution in [2.24, 2.45) is 5.11 Å². The molecule has 16 nitrogen and oxygen atoms in total. The van der Waals surface area contributed by atoms with Crippen LogP contribution in [0.4, 0.5) is 0 Å². The summed E-state index contributed by atoms with van der Waals surface area (Å²) in [6.07, 6.45) is -11.7. The Hall–Kier alpha value is -4.49. The van der Waals surface area contributed by atoms with Gasteiger partial charge in [0.15, 0.2) is 24.4 Å². The molecule has 4 unspecified atom stereocenters. The van der Waals surface area contributed by atoms with Crippen LogP contribution in [0.1, 0.15) is 37.5 Å². The Kier molecular flexibility index (Phi) is 16.0. The van der Waals surface area contributed by atoms with Crippen molar-refractivity contribution in [2.75, 3.05) is 6.61 Å². The molecule has 2 saturated heterocycles. The molecule has 10 atom stereocenters. The van der Waals surface area contributed by atoms with Gasteiger partial charge in [0.1, 0.15) is 30.5 Å². The maximum Gasteiger partial charge on any atom is 0.305 e. The monoisotopic (exact) mass is 793 g/mol. The molecule has 5 rings (SSSR count). The summed E-state index contributed by atoms with van der Waals surface area (Å²) in [4.78, 5) is 28.2. The predicted molar refractivity (Wildman–Crippen MR) is 203 cm³/mol. The minimum absolute atomic E-state index is 0.0347. The first-order chi connectivity index (χ1) is 27.7. The van der Waals surface area contributed by atoms with Crippen LogP contribution in [0.25, 0.3) is 10.4 Å². The van der Waals surface area contributed by atoms with E-state index in [2.05, 4.69) is 10.0 Å². The van der Waals surface area contributed by atoms with Gasteiger partial charge >= 0.3 is 11.9 Å². The van der Waals surface area contributed by atoms with Gasteiger partial charge in [0, 0.05) is 25.7 Å². The summed E-state index contributed by atoms with van der Waals surface area (Å²) in [7, 11) is 0.989. The summed E-state index contributed by atoms with van der Waals surface area (Å²) in [5.41, 5.74) is 12.3. The summed E-state index contributed by atoms with van der Waals surface area (Å²) < 4.78 is 68.9. The third kappa shape index (κ3) is 12.3. The van der Waals surface area contributed by atoms with E-state index in [-0.39, 0.29) is 32.3 Å². The average molecular weight is 794 g/mol. The normalized spacial score (nSPS) is 27.5. The molecule has 3 aromatic rings. The van der Waals surface area contributed by atoms with Crippen LogP contribution in [-0.2, 0) is 76.2 Å². The molecule has 2 fully saturated rings. The number of azide groups is 1. The fourth-order valence-corrected chi connectivity index (χ4v) is 6.57. The number of nitrogens with one attached hydrogen (secondary N) is 1. The van der Waals surface area contributed by atoms with Crippen LogP contribution in [0.3, 0.4) is 0 Å². The van der Waals surface area contributed by atoms with E-state index in [1.807, 2.05) is 91.0 Å². The van der Waals surface area contributed by atoms with Gasteiger partial charge in [-0.1, -0.05) is 108 Å². The number of benzene rings is 3. The first kappa shape index (κ1) is 41.2. The first-order valence-corrected chi connectivity index (χ1v) is 18.5. The molecule has 297 valence electrons. The van der Waals surface area contributed by atoms with Crippen molar-refractivity contribution in [2.45, 2.75) is 102 Å². The van der Waals surface area contributed by atoms with Crippen LogP contribution in [0.2, 0.25) is 0 Å². The molecule has 0 aliphatic carbocycles. The van der Waals surface area contributed by atoms with Crippen LogP contribution in [-0.4, -0.2) is 94.4 Å². The van der Waals surface area contributed by atoms with E-state index in [4.69, 9.17) is 53.6 Å². The molecule has 2 aliphatic heterocycles. The lowest BCUT2D eigenvalue weighted by Gasteiger charge is -2.48. The number of carbonyl (C=O) groups excluding carboxylic acids is 2. The van der Waals surface area contributed by atoms with Gasteiger partial charge < -0.3 is 42.1 Å². The van der Waals surface area contributed by atoms with Crippen molar-refractivity contribution in [3.63, 3.8) is 0 Å². The third-order valence-corrected chi connectivity index (χ3v) is 8.88. The number of ether oxygens (including phenoxy) is 9. The second-order valence-corrected chi connectivity index (χ2v) is 13.1. The Morgan fingerprint density at radius 2 is 1.30 bits per heavy atom. The zero-order valence-corrected chi connectivity index (χ0v) is 31.8. The fourth-order valence-electron chi connectivity index (χ4n) is 6.20. The lowest BCUT2D eigenvalue weighted by atomic mass is 9.96. The fraction of sp³-hybridized carbons (Fsp3) is 0.447. The van der Waals surface area contributed by atoms with E-state index >= 15 is 0 Å². The minimum Gasteiger partial charge on any atom is -0.453 e. The molecule has 2 heterocycles. The second-order valence-electron chi connectivity index (χ2n) is 12.7. The van der Waals surface area contributed by atoms with Crippen molar-refractivity contribution in [1.82, 2.24) is 0 Å². The number of rotatable bonds is 19. The van der Waals surface area contributed by atoms with Gasteiger partial charge in [0.25, 0.3) is 0 Å². The zero-order chi connectivity index (χ0) is 40.6. The summed E-state index contributed by atoms with van der Waals surface area (Å²) >= 11 is 0.727. The Morgan fingerprint density at radius 1 is 0.750 bits per heavy atom. The Balaban J connectivity index is 1.55. The Bertz CT molecular complexity index is 1770. The summed E-state index contributed by atoms with van der Waals surface area (Å²) in [6, 6.07) is 26.6. The summed E-state index contributed by atoms with van der Waals surface area (Å²) in [5, 5.41) is 12.1. The van der Waals surface area contributed by atoms with Crippen molar-refractivity contribution in [3.8, 4) is 0 Å². The highest BCUT2D eigenvalue weighted by Crippen LogP contribution is 2.37. The number of nitrogens with zero attached hydrogens (tertiary/aromatic N) is 3. The molecule has 2 aliphatic rings. The van der Waals surface area contributed by atoms with Crippen molar-refractivity contribution < 1.29 is 56.4 Å².